The van der Waals surface area contributed by atoms with Gasteiger partial charge in [-0.1, -0.05) is 51.4 Å². The number of amides is 4. The van der Waals surface area contributed by atoms with Crippen LogP contribution in [0.1, 0.15) is 89.3 Å². The summed E-state index contributed by atoms with van der Waals surface area (Å²) in [7, 11) is 0. The Morgan fingerprint density at radius 2 is 1.83 bits per heavy atom. The van der Waals surface area contributed by atoms with Crippen LogP contribution in [0.3, 0.4) is 0 Å². The van der Waals surface area contributed by atoms with Gasteiger partial charge in [-0.15, -0.1) is 0 Å². The minimum absolute atomic E-state index is 0.0111. The molecule has 3 heterocycles. The van der Waals surface area contributed by atoms with Crippen molar-refractivity contribution in [3.63, 3.8) is 0 Å². The van der Waals surface area contributed by atoms with Gasteiger partial charge in [0.25, 0.3) is 5.91 Å². The molecule has 1 unspecified atom stereocenters. The van der Waals surface area contributed by atoms with E-state index in [2.05, 4.69) is 21.1 Å². The topological polar surface area (TPSA) is 165 Å². The van der Waals surface area contributed by atoms with E-state index in [9.17, 15) is 24.0 Å². The van der Waals surface area contributed by atoms with E-state index in [1.165, 1.54) is 4.90 Å². The van der Waals surface area contributed by atoms with Gasteiger partial charge in [-0.3, -0.25) is 19.2 Å². The molecule has 1 aromatic rings. The lowest BCUT2D eigenvalue weighted by Crippen LogP contribution is -2.59. The van der Waals surface area contributed by atoms with Crippen molar-refractivity contribution in [1.82, 2.24) is 20.9 Å². The van der Waals surface area contributed by atoms with Crippen LogP contribution >= 0.6 is 0 Å². The molecule has 5 rings (SSSR count). The zero-order valence-electron chi connectivity index (χ0n) is 28.9. The second-order valence-corrected chi connectivity index (χ2v) is 14.8. The average molecular weight is 668 g/mol. The first-order valence-electron chi connectivity index (χ1n) is 17.0. The van der Waals surface area contributed by atoms with Crippen molar-refractivity contribution in [1.29, 1.82) is 0 Å². The molecule has 1 aliphatic carbocycles. The fraction of sp³-hybridized carbons (Fsp3) is 0.657. The van der Waals surface area contributed by atoms with E-state index >= 15 is 0 Å². The van der Waals surface area contributed by atoms with Crippen LogP contribution in [0, 0.1) is 19.3 Å². The lowest BCUT2D eigenvalue weighted by atomic mass is 9.85. The molecule has 4 aliphatic rings. The number of carbonyl (C=O) groups is 5. The van der Waals surface area contributed by atoms with Crippen LogP contribution in [-0.4, -0.2) is 95.8 Å². The Bertz CT molecular complexity index is 1460. The highest BCUT2D eigenvalue weighted by Gasteiger charge is 2.56. The summed E-state index contributed by atoms with van der Waals surface area (Å²) in [5, 5.41) is 12.7. The van der Waals surface area contributed by atoms with Crippen molar-refractivity contribution >= 4 is 35.3 Å². The lowest BCUT2D eigenvalue weighted by molar-refractivity contribution is -0.144. The molecule has 1 spiro atoms. The van der Waals surface area contributed by atoms with E-state index in [0.29, 0.717) is 31.6 Å². The van der Waals surface area contributed by atoms with E-state index < -0.39 is 64.8 Å². The molecule has 48 heavy (non-hydrogen) atoms. The number of carbonyl (C=O) groups excluding carboxylic acids is 5. The Balaban J connectivity index is 1.39. The van der Waals surface area contributed by atoms with Crippen molar-refractivity contribution in [3.05, 3.63) is 34.9 Å². The number of nitrogens with zero attached hydrogens (tertiary/aromatic N) is 2. The zero-order chi connectivity index (χ0) is 34.8. The van der Waals surface area contributed by atoms with Crippen LogP contribution in [0.15, 0.2) is 23.4 Å². The fourth-order valence-electron chi connectivity index (χ4n) is 6.40. The number of rotatable bonds is 11. The van der Waals surface area contributed by atoms with Crippen molar-refractivity contribution in [2.75, 3.05) is 19.8 Å². The molecule has 1 aromatic carbocycles. The molecule has 2 saturated heterocycles. The summed E-state index contributed by atoms with van der Waals surface area (Å²) in [4.78, 5) is 74.8. The minimum atomic E-state index is -1.06. The van der Waals surface area contributed by atoms with Gasteiger partial charge in [-0.25, -0.2) is 4.79 Å². The molecule has 3 N–H and O–H groups in total. The van der Waals surface area contributed by atoms with Crippen molar-refractivity contribution in [2.45, 2.75) is 122 Å². The van der Waals surface area contributed by atoms with Crippen molar-refractivity contribution in [3.8, 4) is 0 Å². The zero-order valence-corrected chi connectivity index (χ0v) is 28.9. The summed E-state index contributed by atoms with van der Waals surface area (Å²) in [5.74, 6) is -2.51. The van der Waals surface area contributed by atoms with Crippen LogP contribution in [0.5, 0.6) is 0 Å². The molecule has 13 nitrogen and oxygen atoms in total. The Morgan fingerprint density at radius 1 is 1.08 bits per heavy atom. The number of hydrogen-bond donors (Lipinski definition) is 3. The van der Waals surface area contributed by atoms with E-state index in [1.54, 1.807) is 0 Å². The third-order valence-electron chi connectivity index (χ3n) is 9.55. The van der Waals surface area contributed by atoms with Crippen molar-refractivity contribution in [2.24, 2.45) is 10.6 Å². The first kappa shape index (κ1) is 35.3. The van der Waals surface area contributed by atoms with Gasteiger partial charge in [0.15, 0.2) is 5.60 Å². The third kappa shape index (κ3) is 8.16. The number of hydrogen-bond acceptors (Lipinski definition) is 9. The molecule has 3 aliphatic heterocycles. The van der Waals surface area contributed by atoms with Crippen LogP contribution in [0.2, 0.25) is 0 Å². The number of ether oxygens (including phenoxy) is 2. The molecular weight excluding hydrogens is 618 g/mol. The van der Waals surface area contributed by atoms with E-state index in [0.717, 1.165) is 29.5 Å². The molecule has 1 saturated carbocycles. The summed E-state index contributed by atoms with van der Waals surface area (Å²) in [5.41, 5.74) is 2.06. The molecule has 0 bridgehead atoms. The highest BCUT2D eigenvalue weighted by Crippen LogP contribution is 2.40. The number of benzene rings is 1. The third-order valence-corrected chi connectivity index (χ3v) is 9.55. The van der Waals surface area contributed by atoms with Gasteiger partial charge in [0.1, 0.15) is 18.2 Å². The van der Waals surface area contributed by atoms with Crippen LogP contribution in [0.4, 0.5) is 4.79 Å². The lowest BCUT2D eigenvalue weighted by Gasteiger charge is -2.35. The SMILES string of the molecule is CCC[C@H](NC(=O)[C@@H]1CC2(CC(c3ccc(C)c(C)c3)=NO2)CN1C(=O)[C@@H](NC(=O)O[C@H]1CCOC1)C(C)(C)C)C(=O)C(=O)NC1CC1. The van der Waals surface area contributed by atoms with Gasteiger partial charge in [-0.05, 0) is 61.3 Å². The average Bonchev–Trinajstić information content (AvgIpc) is 3.38. The van der Waals surface area contributed by atoms with Gasteiger partial charge >= 0.3 is 6.09 Å². The summed E-state index contributed by atoms with van der Waals surface area (Å²) in [6.45, 7) is 12.2. The maximum absolute atomic E-state index is 14.5. The maximum Gasteiger partial charge on any atom is 0.408 e. The predicted molar refractivity (Wildman–Crippen MR) is 176 cm³/mol. The quantitative estimate of drug-likeness (QED) is 0.303. The second kappa shape index (κ2) is 14.2. The Morgan fingerprint density at radius 3 is 2.46 bits per heavy atom. The molecule has 3 fully saturated rings. The number of aryl methyl sites for hydroxylation is 2. The number of alkyl carbamates (subject to hydrolysis) is 1. The smallest absolute Gasteiger partial charge is 0.408 e. The largest absolute Gasteiger partial charge is 0.444 e. The number of likely N-dealkylation sites (tertiary alicyclic amines) is 1. The first-order chi connectivity index (χ1) is 22.7. The van der Waals surface area contributed by atoms with E-state index in [4.69, 9.17) is 14.3 Å². The molecule has 5 atom stereocenters. The molecule has 0 aromatic heterocycles. The Hall–Kier alpha value is -4.00. The number of nitrogens with one attached hydrogen (secondary N) is 3. The summed E-state index contributed by atoms with van der Waals surface area (Å²) < 4.78 is 10.8. The molecular formula is C35H49N5O8. The van der Waals surface area contributed by atoms with Gasteiger partial charge < -0.3 is 35.2 Å². The summed E-state index contributed by atoms with van der Waals surface area (Å²) in [6.07, 6.45) is 2.30. The number of ketones is 1. The van der Waals surface area contributed by atoms with Crippen molar-refractivity contribution < 1.29 is 38.3 Å². The Kier molecular flexibility index (Phi) is 10.5. The monoisotopic (exact) mass is 667 g/mol. The highest BCUT2D eigenvalue weighted by atomic mass is 16.7. The number of Topliss-reactive ketones (excluding diaryl/α,β-unsaturated/α-hetero) is 1. The minimum Gasteiger partial charge on any atom is -0.444 e. The molecule has 4 amide bonds. The fourth-order valence-corrected chi connectivity index (χ4v) is 6.40. The van der Waals surface area contributed by atoms with Gasteiger partial charge in [0.05, 0.1) is 31.5 Å². The molecule has 0 radical (unpaired) electrons. The number of oxime groups is 1. The normalized spacial score (nSPS) is 24.8. The summed E-state index contributed by atoms with van der Waals surface area (Å²) in [6, 6.07) is 2.84. The molecule has 262 valence electrons. The van der Waals surface area contributed by atoms with Crippen LogP contribution < -0.4 is 16.0 Å². The molecule has 13 heteroatoms. The maximum atomic E-state index is 14.5. The Labute approximate surface area is 281 Å². The van der Waals surface area contributed by atoms with E-state index in [-0.39, 0.29) is 32.0 Å². The predicted octanol–water partition coefficient (Wildman–Crippen LogP) is 2.83. The van der Waals surface area contributed by atoms with Gasteiger partial charge in [0.2, 0.25) is 17.6 Å². The van der Waals surface area contributed by atoms with Crippen LogP contribution in [-0.2, 0) is 33.5 Å². The first-order valence-corrected chi connectivity index (χ1v) is 17.0. The van der Waals surface area contributed by atoms with Gasteiger partial charge in [-0.2, -0.15) is 0 Å². The highest BCUT2D eigenvalue weighted by molar-refractivity contribution is 6.38. The van der Waals surface area contributed by atoms with Gasteiger partial charge in [0, 0.05) is 25.3 Å². The summed E-state index contributed by atoms with van der Waals surface area (Å²) >= 11 is 0. The van der Waals surface area contributed by atoms with Crippen LogP contribution in [0.25, 0.3) is 0 Å². The van der Waals surface area contributed by atoms with E-state index in [1.807, 2.05) is 59.7 Å². The standard InChI is InChI=1S/C35H49N5O8/c1-7-8-25(28(41)31(43)36-23-11-12-23)37-30(42)27-17-35(16-26(39-48-35)22-10-9-20(2)21(3)15-22)19-40(27)32(44)29(34(4,5)6)38-33(45)47-24-13-14-46-18-24/h9-10,15,23-25,27,29H,7-8,11-14,16-19H2,1-6H3,(H,36,43)(H,37,42)(H,38,45)/t24-,25-,27-,29+,35?/m0/s1. The second-order valence-electron chi connectivity index (χ2n) is 14.8.